The van der Waals surface area contributed by atoms with E-state index in [1.165, 1.54) is 12.1 Å². The van der Waals surface area contributed by atoms with Gasteiger partial charge in [0.15, 0.2) is 0 Å². The Morgan fingerprint density at radius 2 is 1.47 bits per heavy atom. The van der Waals surface area contributed by atoms with Crippen molar-refractivity contribution in [3.63, 3.8) is 0 Å². The number of aromatic nitrogens is 4. The lowest BCUT2D eigenvalue weighted by Crippen LogP contribution is -2.38. The molecule has 0 spiro atoms. The smallest absolute Gasteiger partial charge is 0.475 e. The normalized spacial score (nSPS) is 15.6. The Labute approximate surface area is 237 Å². The van der Waals surface area contributed by atoms with Gasteiger partial charge in [0.25, 0.3) is 0 Å². The Morgan fingerprint density at radius 3 is 2.02 bits per heavy atom. The largest absolute Gasteiger partial charge is 0.490 e. The highest BCUT2D eigenvalue weighted by molar-refractivity contribution is 5.73. The zero-order valence-electron chi connectivity index (χ0n) is 21.8. The first-order valence-corrected chi connectivity index (χ1v) is 12.1. The second-order valence-electron chi connectivity index (χ2n) is 8.78. The number of ether oxygens (including phenoxy) is 1. The summed E-state index contributed by atoms with van der Waals surface area (Å²) < 4.78 is 84.4. The second kappa shape index (κ2) is 14.0. The molecule has 4 aromatic rings. The highest BCUT2D eigenvalue weighted by Crippen LogP contribution is 2.27. The maximum absolute atomic E-state index is 13.1. The lowest BCUT2D eigenvalue weighted by molar-refractivity contribution is -0.193. The van der Waals surface area contributed by atoms with Crippen molar-refractivity contribution in [2.75, 3.05) is 19.7 Å². The number of pyridine rings is 2. The molecule has 0 radical (unpaired) electrons. The summed E-state index contributed by atoms with van der Waals surface area (Å²) in [6.45, 7) is 2.93. The highest BCUT2D eigenvalue weighted by Gasteiger charge is 2.38. The first-order chi connectivity index (χ1) is 20.1. The number of fused-ring (bicyclic) bond motifs is 1. The van der Waals surface area contributed by atoms with Crippen molar-refractivity contribution in [3.05, 3.63) is 84.2 Å². The van der Waals surface area contributed by atoms with Crippen molar-refractivity contribution in [2.24, 2.45) is 0 Å². The topological polar surface area (TPSA) is 130 Å². The molecule has 0 amide bonds. The number of alkyl halides is 6. The number of carboxylic acids is 2. The fraction of sp³-hybridized carbons (Fsp3) is 0.269. The zero-order valence-corrected chi connectivity index (χ0v) is 21.8. The van der Waals surface area contributed by atoms with Crippen LogP contribution >= 0.6 is 0 Å². The van der Waals surface area contributed by atoms with Gasteiger partial charge < -0.3 is 14.9 Å². The van der Waals surface area contributed by atoms with E-state index in [4.69, 9.17) is 24.5 Å². The Balaban J connectivity index is 0.000000303. The van der Waals surface area contributed by atoms with Crippen LogP contribution in [0.15, 0.2) is 67.1 Å². The minimum absolute atomic E-state index is 0.145. The highest BCUT2D eigenvalue weighted by atomic mass is 19.4. The Hall–Kier alpha value is -4.64. The summed E-state index contributed by atoms with van der Waals surface area (Å²) in [6.07, 6.45) is -4.79. The molecule has 43 heavy (non-hydrogen) atoms. The fourth-order valence-electron chi connectivity index (χ4n) is 3.72. The van der Waals surface area contributed by atoms with E-state index >= 15 is 0 Å². The van der Waals surface area contributed by atoms with Crippen LogP contribution in [0.4, 0.5) is 30.7 Å². The molecule has 1 unspecified atom stereocenters. The van der Waals surface area contributed by atoms with Crippen LogP contribution in [0.2, 0.25) is 0 Å². The molecule has 1 aromatic carbocycles. The third-order valence-electron chi connectivity index (χ3n) is 5.71. The minimum Gasteiger partial charge on any atom is -0.475 e. The van der Waals surface area contributed by atoms with Crippen LogP contribution in [0.1, 0.15) is 17.4 Å². The maximum atomic E-state index is 13.1. The molecule has 5 rings (SSSR count). The van der Waals surface area contributed by atoms with E-state index in [-0.39, 0.29) is 11.9 Å². The average molecular weight is 617 g/mol. The fourth-order valence-corrected chi connectivity index (χ4v) is 3.72. The summed E-state index contributed by atoms with van der Waals surface area (Å²) in [4.78, 5) is 24.2. The van der Waals surface area contributed by atoms with E-state index in [1.54, 1.807) is 16.9 Å². The monoisotopic (exact) mass is 617 g/mol. The molecule has 3 aromatic heterocycles. The summed E-state index contributed by atoms with van der Waals surface area (Å²) in [5.74, 6) is -5.73. The number of carboxylic acid groups (broad SMARTS) is 2. The number of benzene rings is 1. The second-order valence-corrected chi connectivity index (χ2v) is 8.78. The number of aliphatic carboxylic acids is 2. The number of carbonyl (C=O) groups is 2. The molecule has 10 nitrogen and oxygen atoms in total. The number of morpholine rings is 1. The third-order valence-corrected chi connectivity index (χ3v) is 5.71. The lowest BCUT2D eigenvalue weighted by atomic mass is 10.1. The Morgan fingerprint density at radius 1 is 0.884 bits per heavy atom. The predicted molar refractivity (Wildman–Crippen MR) is 134 cm³/mol. The van der Waals surface area contributed by atoms with E-state index in [1.807, 2.05) is 36.5 Å². The molecule has 0 bridgehead atoms. The van der Waals surface area contributed by atoms with Gasteiger partial charge in [0.05, 0.1) is 12.1 Å². The van der Waals surface area contributed by atoms with Crippen molar-refractivity contribution in [3.8, 4) is 11.1 Å². The Bertz CT molecular complexity index is 1490. The van der Waals surface area contributed by atoms with Gasteiger partial charge >= 0.3 is 24.3 Å². The summed E-state index contributed by atoms with van der Waals surface area (Å²) in [5, 5.41) is 23.0. The van der Waals surface area contributed by atoms with Gasteiger partial charge in [-0.15, -0.1) is 5.10 Å². The van der Waals surface area contributed by atoms with Gasteiger partial charge in [0, 0.05) is 43.8 Å². The van der Waals surface area contributed by atoms with Crippen molar-refractivity contribution in [1.82, 2.24) is 24.7 Å². The molecule has 1 saturated heterocycles. The van der Waals surface area contributed by atoms with Crippen LogP contribution in [0, 0.1) is 5.82 Å². The van der Waals surface area contributed by atoms with Crippen LogP contribution in [0.5, 0.6) is 0 Å². The van der Waals surface area contributed by atoms with Crippen molar-refractivity contribution in [2.45, 2.75) is 25.0 Å². The summed E-state index contributed by atoms with van der Waals surface area (Å²) >= 11 is 0. The molecule has 2 N–H and O–H groups in total. The molecule has 17 heteroatoms. The molecule has 1 aliphatic rings. The van der Waals surface area contributed by atoms with E-state index < -0.39 is 24.3 Å². The van der Waals surface area contributed by atoms with E-state index in [0.717, 1.165) is 47.5 Å². The van der Waals surface area contributed by atoms with E-state index in [9.17, 15) is 30.7 Å². The zero-order chi connectivity index (χ0) is 31.8. The first-order valence-electron chi connectivity index (χ1n) is 12.1. The molecule has 230 valence electrons. The number of hydrogen-bond donors (Lipinski definition) is 2. The SMILES string of the molecule is Fc1ccc(CN2CCOC(c3nnn4cc(-c5ccncc5)ccc34)C2)cc1.O=C(O)C(F)(F)F.O=C(O)C(F)(F)F. The molecular weight excluding hydrogens is 595 g/mol. The van der Waals surface area contributed by atoms with E-state index in [0.29, 0.717) is 6.61 Å². The Kier molecular flexibility index (Phi) is 10.7. The van der Waals surface area contributed by atoms with Gasteiger partial charge in [-0.1, -0.05) is 23.4 Å². The molecule has 1 fully saturated rings. The lowest BCUT2D eigenvalue weighted by Gasteiger charge is -2.32. The maximum Gasteiger partial charge on any atom is 0.490 e. The van der Waals surface area contributed by atoms with Crippen LogP contribution in [-0.2, 0) is 20.9 Å². The van der Waals surface area contributed by atoms with Gasteiger partial charge in [-0.2, -0.15) is 26.3 Å². The number of rotatable bonds is 4. The molecule has 0 saturated carbocycles. The molecular formula is C26H22F7N5O5. The van der Waals surface area contributed by atoms with Crippen molar-refractivity contribution in [1.29, 1.82) is 0 Å². The summed E-state index contributed by atoms with van der Waals surface area (Å²) in [6, 6.07) is 14.7. The number of halogens is 7. The standard InChI is InChI=1S/C22H20FN5O.2C2HF3O2/c23-19-4-1-16(2-5-19)13-27-11-12-29-21(15-27)22-20-6-3-18(14-28(20)26-25-22)17-7-9-24-10-8-17;2*3-2(4,5)1(6)7/h1-10,14,21H,11-13,15H2;2*(H,6,7). The van der Waals surface area contributed by atoms with Crippen molar-refractivity contribution < 1.29 is 55.3 Å². The van der Waals surface area contributed by atoms with Gasteiger partial charge in [0.1, 0.15) is 17.6 Å². The molecule has 4 heterocycles. The van der Waals surface area contributed by atoms with Gasteiger partial charge in [-0.3, -0.25) is 9.88 Å². The van der Waals surface area contributed by atoms with Crippen LogP contribution in [0.25, 0.3) is 16.6 Å². The molecule has 0 aliphatic carbocycles. The summed E-state index contributed by atoms with van der Waals surface area (Å²) in [5.41, 5.74) is 5.01. The van der Waals surface area contributed by atoms with Crippen LogP contribution < -0.4 is 0 Å². The predicted octanol–water partition coefficient (Wildman–Crippen LogP) is 4.77. The van der Waals surface area contributed by atoms with Gasteiger partial charge in [0.2, 0.25) is 0 Å². The van der Waals surface area contributed by atoms with E-state index in [2.05, 4.69) is 26.3 Å². The van der Waals surface area contributed by atoms with Crippen LogP contribution in [0.3, 0.4) is 0 Å². The van der Waals surface area contributed by atoms with Crippen LogP contribution in [-0.4, -0.2) is 78.9 Å². The quantitative estimate of drug-likeness (QED) is 0.311. The minimum atomic E-state index is -5.08. The molecule has 1 atom stereocenters. The van der Waals surface area contributed by atoms with Gasteiger partial charge in [-0.05, 0) is 41.5 Å². The number of nitrogens with zero attached hydrogens (tertiary/aromatic N) is 5. The number of hydrogen-bond acceptors (Lipinski definition) is 7. The molecule has 1 aliphatic heterocycles. The van der Waals surface area contributed by atoms with Crippen molar-refractivity contribution >= 4 is 17.5 Å². The first kappa shape index (κ1) is 32.9. The van der Waals surface area contributed by atoms with Gasteiger partial charge in [-0.25, -0.2) is 18.5 Å². The summed E-state index contributed by atoms with van der Waals surface area (Å²) in [7, 11) is 0. The average Bonchev–Trinajstić information content (AvgIpc) is 3.38. The third kappa shape index (κ3) is 9.71.